The van der Waals surface area contributed by atoms with Crippen LogP contribution in [0.5, 0.6) is 0 Å². The number of fused-ring (bicyclic) bond motifs is 1. The number of hydrogen-bond acceptors (Lipinski definition) is 3. The Bertz CT molecular complexity index is 716. The lowest BCUT2D eigenvalue weighted by Crippen LogP contribution is -2.27. The van der Waals surface area contributed by atoms with E-state index in [1.54, 1.807) is 0 Å². The quantitative estimate of drug-likeness (QED) is 0.888. The van der Waals surface area contributed by atoms with Crippen molar-refractivity contribution < 1.29 is 9.59 Å². The van der Waals surface area contributed by atoms with Gasteiger partial charge in [-0.15, -0.1) is 11.8 Å². The van der Waals surface area contributed by atoms with Crippen molar-refractivity contribution in [1.82, 2.24) is 5.32 Å². The highest BCUT2D eigenvalue weighted by molar-refractivity contribution is 8.00. The van der Waals surface area contributed by atoms with E-state index in [1.807, 2.05) is 36.4 Å². The van der Waals surface area contributed by atoms with E-state index in [2.05, 4.69) is 22.8 Å². The molecule has 0 aliphatic carbocycles. The number of amides is 2. The highest BCUT2D eigenvalue weighted by atomic mass is 32.2. The fourth-order valence-electron chi connectivity index (χ4n) is 2.48. The van der Waals surface area contributed by atoms with E-state index in [4.69, 9.17) is 0 Å². The monoisotopic (exact) mass is 326 g/mol. The van der Waals surface area contributed by atoms with Gasteiger partial charge in [-0.05, 0) is 29.7 Å². The van der Waals surface area contributed by atoms with Gasteiger partial charge in [0.1, 0.15) is 0 Å². The third-order valence-electron chi connectivity index (χ3n) is 3.62. The molecule has 0 radical (unpaired) electrons. The molecule has 0 atom stereocenters. The summed E-state index contributed by atoms with van der Waals surface area (Å²) in [4.78, 5) is 24.5. The van der Waals surface area contributed by atoms with Crippen molar-refractivity contribution >= 4 is 29.3 Å². The standard InChI is InChI=1S/C18H18N2O2S/c21-17(19-9-8-13-4-2-1-3-5-13)11-14-6-7-16-15(10-14)20-18(22)12-23-16/h1-7,10H,8-9,11-12H2,(H,19,21)(H,20,22). The van der Waals surface area contributed by atoms with E-state index in [1.165, 1.54) is 17.3 Å². The molecule has 4 nitrogen and oxygen atoms in total. The number of thioether (sulfide) groups is 1. The van der Waals surface area contributed by atoms with Crippen LogP contribution in [0.4, 0.5) is 5.69 Å². The van der Waals surface area contributed by atoms with Crippen LogP contribution >= 0.6 is 11.8 Å². The molecule has 0 fully saturated rings. The molecular formula is C18H18N2O2S. The summed E-state index contributed by atoms with van der Waals surface area (Å²) in [5.74, 6) is 0.453. The number of anilines is 1. The molecule has 5 heteroatoms. The molecule has 1 heterocycles. The third kappa shape index (κ3) is 4.36. The topological polar surface area (TPSA) is 58.2 Å². The molecule has 2 N–H and O–H groups in total. The average molecular weight is 326 g/mol. The summed E-state index contributed by atoms with van der Waals surface area (Å²) in [6.07, 6.45) is 1.14. The summed E-state index contributed by atoms with van der Waals surface area (Å²) in [5.41, 5.74) is 2.92. The molecule has 2 aromatic rings. The van der Waals surface area contributed by atoms with Gasteiger partial charge in [0.25, 0.3) is 0 Å². The lowest BCUT2D eigenvalue weighted by molar-refractivity contribution is -0.120. The van der Waals surface area contributed by atoms with Crippen LogP contribution in [-0.4, -0.2) is 24.1 Å². The molecule has 1 aliphatic heterocycles. The van der Waals surface area contributed by atoms with Gasteiger partial charge in [0.15, 0.2) is 0 Å². The van der Waals surface area contributed by atoms with Gasteiger partial charge >= 0.3 is 0 Å². The van der Waals surface area contributed by atoms with Crippen molar-refractivity contribution in [3.05, 3.63) is 59.7 Å². The summed E-state index contributed by atoms with van der Waals surface area (Å²) in [7, 11) is 0. The molecular weight excluding hydrogens is 308 g/mol. The van der Waals surface area contributed by atoms with Crippen molar-refractivity contribution in [3.8, 4) is 0 Å². The first-order valence-electron chi connectivity index (χ1n) is 7.57. The zero-order chi connectivity index (χ0) is 16.1. The first kappa shape index (κ1) is 15.6. The van der Waals surface area contributed by atoms with Crippen LogP contribution in [0.1, 0.15) is 11.1 Å². The van der Waals surface area contributed by atoms with Crippen LogP contribution in [0.3, 0.4) is 0 Å². The molecule has 0 bridgehead atoms. The molecule has 2 amide bonds. The maximum atomic E-state index is 12.0. The molecule has 0 spiro atoms. The smallest absolute Gasteiger partial charge is 0.234 e. The van der Waals surface area contributed by atoms with E-state index >= 15 is 0 Å². The fourth-order valence-corrected chi connectivity index (χ4v) is 3.27. The largest absolute Gasteiger partial charge is 0.355 e. The minimum Gasteiger partial charge on any atom is -0.355 e. The summed E-state index contributed by atoms with van der Waals surface area (Å²) >= 11 is 1.52. The van der Waals surface area contributed by atoms with Gasteiger partial charge in [-0.25, -0.2) is 0 Å². The second-order valence-electron chi connectivity index (χ2n) is 5.43. The highest BCUT2D eigenvalue weighted by Crippen LogP contribution is 2.31. The lowest BCUT2D eigenvalue weighted by atomic mass is 10.1. The predicted octanol–water partition coefficient (Wildman–Crippen LogP) is 2.63. The Labute approximate surface area is 139 Å². The van der Waals surface area contributed by atoms with Crippen molar-refractivity contribution in [2.45, 2.75) is 17.7 Å². The lowest BCUT2D eigenvalue weighted by Gasteiger charge is -2.17. The van der Waals surface area contributed by atoms with Crippen molar-refractivity contribution in [2.24, 2.45) is 0 Å². The van der Waals surface area contributed by atoms with Crippen molar-refractivity contribution in [3.63, 3.8) is 0 Å². The number of nitrogens with one attached hydrogen (secondary N) is 2. The minimum absolute atomic E-state index is 0.00401. The second kappa shape index (κ2) is 7.33. The Morgan fingerprint density at radius 2 is 1.96 bits per heavy atom. The molecule has 0 unspecified atom stereocenters. The predicted molar refractivity (Wildman–Crippen MR) is 92.7 cm³/mol. The third-order valence-corrected chi connectivity index (χ3v) is 4.69. The second-order valence-corrected chi connectivity index (χ2v) is 6.45. The van der Waals surface area contributed by atoms with E-state index < -0.39 is 0 Å². The summed E-state index contributed by atoms with van der Waals surface area (Å²) in [5, 5.41) is 5.78. The van der Waals surface area contributed by atoms with Gasteiger partial charge in [-0.1, -0.05) is 36.4 Å². The van der Waals surface area contributed by atoms with Gasteiger partial charge in [0.2, 0.25) is 11.8 Å². The van der Waals surface area contributed by atoms with Crippen LogP contribution in [-0.2, 0) is 22.4 Å². The van der Waals surface area contributed by atoms with Crippen LogP contribution < -0.4 is 10.6 Å². The zero-order valence-corrected chi connectivity index (χ0v) is 13.5. The van der Waals surface area contributed by atoms with Gasteiger partial charge in [-0.3, -0.25) is 9.59 Å². The Hall–Kier alpha value is -2.27. The summed E-state index contributed by atoms with van der Waals surface area (Å²) in [6, 6.07) is 15.9. The van der Waals surface area contributed by atoms with Gasteiger partial charge in [-0.2, -0.15) is 0 Å². The van der Waals surface area contributed by atoms with Gasteiger partial charge in [0, 0.05) is 11.4 Å². The number of carbonyl (C=O) groups excluding carboxylic acids is 2. The number of rotatable bonds is 5. The molecule has 0 saturated carbocycles. The van der Waals surface area contributed by atoms with Crippen LogP contribution in [0.15, 0.2) is 53.4 Å². The first-order chi connectivity index (χ1) is 11.2. The number of benzene rings is 2. The van der Waals surface area contributed by atoms with E-state index in [0.717, 1.165) is 22.6 Å². The molecule has 0 aromatic heterocycles. The van der Waals surface area contributed by atoms with Crippen LogP contribution in [0.25, 0.3) is 0 Å². The zero-order valence-electron chi connectivity index (χ0n) is 12.7. The van der Waals surface area contributed by atoms with Crippen LogP contribution in [0, 0.1) is 0 Å². The average Bonchev–Trinajstić information content (AvgIpc) is 2.55. The van der Waals surface area contributed by atoms with E-state index in [9.17, 15) is 9.59 Å². The fraction of sp³-hybridized carbons (Fsp3) is 0.222. The van der Waals surface area contributed by atoms with E-state index in [0.29, 0.717) is 18.7 Å². The first-order valence-corrected chi connectivity index (χ1v) is 8.55. The normalized spacial score (nSPS) is 13.1. The molecule has 3 rings (SSSR count). The Balaban J connectivity index is 1.52. The summed E-state index contributed by atoms with van der Waals surface area (Å²) < 4.78 is 0. The van der Waals surface area contributed by atoms with Crippen molar-refractivity contribution in [1.29, 1.82) is 0 Å². The summed E-state index contributed by atoms with van der Waals surface area (Å²) in [6.45, 7) is 0.625. The molecule has 23 heavy (non-hydrogen) atoms. The van der Waals surface area contributed by atoms with Gasteiger partial charge in [0.05, 0.1) is 17.9 Å². The van der Waals surface area contributed by atoms with Gasteiger partial charge < -0.3 is 10.6 Å². The Kier molecular flexibility index (Phi) is 4.98. The maximum Gasteiger partial charge on any atom is 0.234 e. The number of carbonyl (C=O) groups is 2. The van der Waals surface area contributed by atoms with Crippen LogP contribution in [0.2, 0.25) is 0 Å². The number of hydrogen-bond donors (Lipinski definition) is 2. The molecule has 118 valence electrons. The highest BCUT2D eigenvalue weighted by Gasteiger charge is 2.16. The maximum absolute atomic E-state index is 12.0. The molecule has 2 aromatic carbocycles. The molecule has 0 saturated heterocycles. The minimum atomic E-state index is -0.00401. The molecule has 1 aliphatic rings. The van der Waals surface area contributed by atoms with E-state index in [-0.39, 0.29) is 11.8 Å². The Morgan fingerprint density at radius 3 is 2.78 bits per heavy atom. The SMILES string of the molecule is O=C(Cc1ccc2c(c1)NC(=O)CS2)NCCc1ccccc1. The van der Waals surface area contributed by atoms with Crippen molar-refractivity contribution in [2.75, 3.05) is 17.6 Å². The Morgan fingerprint density at radius 1 is 1.13 bits per heavy atom.